The van der Waals surface area contributed by atoms with Gasteiger partial charge in [0.2, 0.25) is 0 Å². The smallest absolute Gasteiger partial charge is 0.171 e. The van der Waals surface area contributed by atoms with Gasteiger partial charge in [0.1, 0.15) is 0 Å². The van der Waals surface area contributed by atoms with Crippen LogP contribution in [0.2, 0.25) is 0 Å². The highest BCUT2D eigenvalue weighted by molar-refractivity contribution is 5.51. The van der Waals surface area contributed by atoms with Gasteiger partial charge in [-0.25, -0.2) is 4.98 Å². The third-order valence-electron chi connectivity index (χ3n) is 2.46. The van der Waals surface area contributed by atoms with E-state index in [0.29, 0.717) is 6.61 Å². The minimum atomic E-state index is 0.667. The molecule has 0 amide bonds. The number of pyridine rings is 1. The number of ether oxygens (including phenoxy) is 1. The number of likely N-dealkylation sites (N-methyl/N-ethyl adjacent to an activating group) is 1. The molecule has 96 valence electrons. The normalized spacial score (nSPS) is 10.3. The van der Waals surface area contributed by atoms with E-state index < -0.39 is 0 Å². The predicted octanol–water partition coefficient (Wildman–Crippen LogP) is 1.92. The summed E-state index contributed by atoms with van der Waals surface area (Å²) in [6.07, 6.45) is 2.96. The number of nitrogens with one attached hydrogen (secondary N) is 1. The molecule has 0 saturated heterocycles. The summed E-state index contributed by atoms with van der Waals surface area (Å²) < 4.78 is 5.56. The molecule has 0 spiro atoms. The first-order chi connectivity index (χ1) is 8.29. The molecule has 17 heavy (non-hydrogen) atoms. The molecule has 1 rings (SSSR count). The van der Waals surface area contributed by atoms with Gasteiger partial charge in [-0.3, -0.25) is 0 Å². The van der Waals surface area contributed by atoms with Gasteiger partial charge in [-0.05, 0) is 32.0 Å². The molecule has 0 aliphatic heterocycles. The molecule has 0 aliphatic rings. The number of aromatic nitrogens is 1. The fraction of sp³-hybridized carbons (Fsp3) is 0.615. The van der Waals surface area contributed by atoms with Crippen LogP contribution < -0.4 is 15.0 Å². The van der Waals surface area contributed by atoms with Gasteiger partial charge in [-0.1, -0.05) is 6.92 Å². The van der Waals surface area contributed by atoms with Gasteiger partial charge in [0.15, 0.2) is 11.6 Å². The molecule has 0 aliphatic carbocycles. The van der Waals surface area contributed by atoms with Crippen LogP contribution >= 0.6 is 0 Å². The maximum atomic E-state index is 5.56. The van der Waals surface area contributed by atoms with Crippen LogP contribution in [0.5, 0.6) is 5.75 Å². The Balaban J connectivity index is 2.52. The maximum Gasteiger partial charge on any atom is 0.171 e. The SMILES string of the molecule is CCCNCCN(C)c1ncccc1OCC. The summed E-state index contributed by atoms with van der Waals surface area (Å²) in [4.78, 5) is 6.49. The van der Waals surface area contributed by atoms with Crippen molar-refractivity contribution in [2.45, 2.75) is 20.3 Å². The fourth-order valence-electron chi connectivity index (χ4n) is 1.59. The van der Waals surface area contributed by atoms with Crippen molar-refractivity contribution < 1.29 is 4.74 Å². The van der Waals surface area contributed by atoms with Crippen LogP contribution in [-0.2, 0) is 0 Å². The second-order valence-corrected chi connectivity index (χ2v) is 3.93. The van der Waals surface area contributed by atoms with Crippen molar-refractivity contribution in [2.75, 3.05) is 38.2 Å². The van der Waals surface area contributed by atoms with E-state index in [0.717, 1.165) is 37.6 Å². The summed E-state index contributed by atoms with van der Waals surface area (Å²) in [5.41, 5.74) is 0. The molecule has 0 saturated carbocycles. The summed E-state index contributed by atoms with van der Waals surface area (Å²) >= 11 is 0. The average molecular weight is 237 g/mol. The zero-order valence-electron chi connectivity index (χ0n) is 11.1. The second-order valence-electron chi connectivity index (χ2n) is 3.93. The van der Waals surface area contributed by atoms with Crippen molar-refractivity contribution in [1.82, 2.24) is 10.3 Å². The molecule has 4 heteroatoms. The average Bonchev–Trinajstić information content (AvgIpc) is 2.35. The lowest BCUT2D eigenvalue weighted by atomic mass is 10.4. The van der Waals surface area contributed by atoms with E-state index in [-0.39, 0.29) is 0 Å². The van der Waals surface area contributed by atoms with Crippen molar-refractivity contribution >= 4 is 5.82 Å². The highest BCUT2D eigenvalue weighted by atomic mass is 16.5. The topological polar surface area (TPSA) is 37.4 Å². The lowest BCUT2D eigenvalue weighted by Gasteiger charge is -2.20. The molecule has 0 aromatic carbocycles. The predicted molar refractivity (Wildman–Crippen MR) is 71.8 cm³/mol. The molecule has 1 N–H and O–H groups in total. The molecule has 1 aromatic rings. The van der Waals surface area contributed by atoms with Crippen LogP contribution in [0.4, 0.5) is 5.82 Å². The third kappa shape index (κ3) is 4.61. The van der Waals surface area contributed by atoms with E-state index in [2.05, 4.69) is 22.1 Å². The molecular formula is C13H23N3O. The third-order valence-corrected chi connectivity index (χ3v) is 2.46. The molecular weight excluding hydrogens is 214 g/mol. The summed E-state index contributed by atoms with van der Waals surface area (Å²) in [6, 6.07) is 3.86. The Labute approximate surface area is 104 Å². The number of nitrogens with zero attached hydrogens (tertiary/aromatic N) is 2. The minimum absolute atomic E-state index is 0.667. The van der Waals surface area contributed by atoms with Crippen LogP contribution in [-0.4, -0.2) is 38.3 Å². The van der Waals surface area contributed by atoms with Crippen LogP contribution in [0.15, 0.2) is 18.3 Å². The Kier molecular flexibility index (Phi) is 6.40. The van der Waals surface area contributed by atoms with Gasteiger partial charge < -0.3 is 15.0 Å². The van der Waals surface area contributed by atoms with E-state index in [9.17, 15) is 0 Å². The minimum Gasteiger partial charge on any atom is -0.490 e. The van der Waals surface area contributed by atoms with Crippen molar-refractivity contribution in [3.63, 3.8) is 0 Å². The zero-order valence-corrected chi connectivity index (χ0v) is 11.1. The van der Waals surface area contributed by atoms with Crippen LogP contribution in [0, 0.1) is 0 Å². The number of hydrogen-bond donors (Lipinski definition) is 1. The molecule has 0 atom stereocenters. The Hall–Kier alpha value is -1.29. The summed E-state index contributed by atoms with van der Waals surface area (Å²) in [7, 11) is 2.04. The maximum absolute atomic E-state index is 5.56. The number of anilines is 1. The van der Waals surface area contributed by atoms with Crippen molar-refractivity contribution in [3.8, 4) is 5.75 Å². The van der Waals surface area contributed by atoms with E-state index in [1.54, 1.807) is 6.20 Å². The molecule has 0 radical (unpaired) electrons. The second kappa shape index (κ2) is 7.90. The Bertz CT molecular complexity index is 317. The largest absolute Gasteiger partial charge is 0.490 e. The summed E-state index contributed by atoms with van der Waals surface area (Å²) in [5.74, 6) is 1.76. The van der Waals surface area contributed by atoms with Crippen LogP contribution in [0.25, 0.3) is 0 Å². The van der Waals surface area contributed by atoms with Crippen LogP contribution in [0.1, 0.15) is 20.3 Å². The summed E-state index contributed by atoms with van der Waals surface area (Å²) in [5, 5.41) is 3.38. The molecule has 0 bridgehead atoms. The molecule has 4 nitrogen and oxygen atoms in total. The zero-order chi connectivity index (χ0) is 12.5. The Morgan fingerprint density at radius 1 is 1.35 bits per heavy atom. The highest BCUT2D eigenvalue weighted by Crippen LogP contribution is 2.23. The lowest BCUT2D eigenvalue weighted by molar-refractivity contribution is 0.339. The lowest BCUT2D eigenvalue weighted by Crippen LogP contribution is -2.30. The van der Waals surface area contributed by atoms with E-state index in [1.165, 1.54) is 0 Å². The fourth-order valence-corrected chi connectivity index (χ4v) is 1.59. The van der Waals surface area contributed by atoms with Crippen molar-refractivity contribution in [1.29, 1.82) is 0 Å². The molecule has 0 fully saturated rings. The first kappa shape index (κ1) is 13.8. The molecule has 1 heterocycles. The highest BCUT2D eigenvalue weighted by Gasteiger charge is 2.08. The Morgan fingerprint density at radius 2 is 2.18 bits per heavy atom. The van der Waals surface area contributed by atoms with Crippen molar-refractivity contribution in [3.05, 3.63) is 18.3 Å². The van der Waals surface area contributed by atoms with Gasteiger partial charge in [0, 0.05) is 26.3 Å². The van der Waals surface area contributed by atoms with Gasteiger partial charge in [-0.2, -0.15) is 0 Å². The van der Waals surface area contributed by atoms with Gasteiger partial charge >= 0.3 is 0 Å². The van der Waals surface area contributed by atoms with E-state index in [1.807, 2.05) is 26.1 Å². The standard InChI is InChI=1S/C13H23N3O/c1-4-8-14-10-11-16(3)13-12(17-5-2)7-6-9-15-13/h6-7,9,14H,4-5,8,10-11H2,1-3H3. The first-order valence-electron chi connectivity index (χ1n) is 6.29. The van der Waals surface area contributed by atoms with Crippen LogP contribution in [0.3, 0.4) is 0 Å². The van der Waals surface area contributed by atoms with E-state index in [4.69, 9.17) is 4.74 Å². The van der Waals surface area contributed by atoms with Gasteiger partial charge in [0.05, 0.1) is 6.61 Å². The Morgan fingerprint density at radius 3 is 2.88 bits per heavy atom. The number of rotatable bonds is 8. The quantitative estimate of drug-likeness (QED) is 0.701. The van der Waals surface area contributed by atoms with Gasteiger partial charge in [-0.15, -0.1) is 0 Å². The monoisotopic (exact) mass is 237 g/mol. The molecule has 0 unspecified atom stereocenters. The molecule has 1 aromatic heterocycles. The van der Waals surface area contributed by atoms with Gasteiger partial charge in [0.25, 0.3) is 0 Å². The van der Waals surface area contributed by atoms with Crippen molar-refractivity contribution in [2.24, 2.45) is 0 Å². The van der Waals surface area contributed by atoms with E-state index >= 15 is 0 Å². The first-order valence-corrected chi connectivity index (χ1v) is 6.29. The summed E-state index contributed by atoms with van der Waals surface area (Å²) in [6.45, 7) is 7.78. The number of hydrogen-bond acceptors (Lipinski definition) is 4.